The average Bonchev–Trinajstić information content (AvgIpc) is 3.39. The molecule has 2 aromatic carbocycles. The second-order valence-corrected chi connectivity index (χ2v) is 12.5. The lowest BCUT2D eigenvalue weighted by molar-refractivity contribution is -0.286. The van der Waals surface area contributed by atoms with Gasteiger partial charge in [-0.05, 0) is 18.6 Å². The molecule has 0 radical (unpaired) electrons. The van der Waals surface area contributed by atoms with Crippen LogP contribution in [0.2, 0.25) is 0 Å². The number of hydrogen-bond donors (Lipinski definition) is 1. The molecular weight excluding hydrogens is 548 g/mol. The normalized spacial score (nSPS) is 19.5. The minimum atomic E-state index is -3.93. The molecule has 3 aliphatic rings. The average molecular weight is 568 g/mol. The van der Waals surface area contributed by atoms with Crippen molar-refractivity contribution in [3.05, 3.63) is 35.4 Å². The predicted molar refractivity (Wildman–Crippen MR) is 131 cm³/mol. The summed E-state index contributed by atoms with van der Waals surface area (Å²) in [6, 6.07) is 5.26. The Morgan fingerprint density at radius 1 is 1.16 bits per heavy atom. The van der Waals surface area contributed by atoms with Crippen molar-refractivity contribution in [3.8, 4) is 17.2 Å². The Hall–Kier alpha value is -3.72. The van der Waals surface area contributed by atoms with E-state index < -0.39 is 32.8 Å². The Bertz CT molecular complexity index is 1630. The van der Waals surface area contributed by atoms with Gasteiger partial charge in [-0.3, -0.25) is 4.79 Å². The lowest BCUT2D eigenvalue weighted by Crippen LogP contribution is -2.72. The van der Waals surface area contributed by atoms with E-state index in [9.17, 15) is 26.8 Å². The van der Waals surface area contributed by atoms with Gasteiger partial charge in [-0.1, -0.05) is 11.3 Å². The number of benzene rings is 2. The number of carbonyl (C=O) groups excluding carboxylic acids is 2. The zero-order chi connectivity index (χ0) is 27.0. The predicted octanol–water partition coefficient (Wildman–Crippen LogP) is 3.04. The van der Waals surface area contributed by atoms with Crippen molar-refractivity contribution >= 4 is 54.1 Å². The first-order valence-corrected chi connectivity index (χ1v) is 13.7. The van der Waals surface area contributed by atoms with E-state index >= 15 is 0 Å². The van der Waals surface area contributed by atoms with Crippen LogP contribution in [-0.2, 0) is 14.6 Å². The number of fused-ring (bicyclic) bond motifs is 2. The van der Waals surface area contributed by atoms with E-state index in [1.54, 1.807) is 12.1 Å². The third kappa shape index (κ3) is 3.63. The van der Waals surface area contributed by atoms with E-state index in [-0.39, 0.29) is 39.8 Å². The fourth-order valence-corrected chi connectivity index (χ4v) is 7.66. The van der Waals surface area contributed by atoms with Gasteiger partial charge < -0.3 is 29.2 Å². The summed E-state index contributed by atoms with van der Waals surface area (Å²) in [6.45, 7) is 0.663. The molecule has 38 heavy (non-hydrogen) atoms. The first-order chi connectivity index (χ1) is 18.0. The molecule has 1 N–H and O–H groups in total. The van der Waals surface area contributed by atoms with Gasteiger partial charge in [-0.2, -0.15) is 0 Å². The van der Waals surface area contributed by atoms with E-state index in [1.807, 2.05) is 4.90 Å². The molecule has 1 aromatic heterocycles. The van der Waals surface area contributed by atoms with Gasteiger partial charge in [0.25, 0.3) is 5.91 Å². The molecule has 0 unspecified atom stereocenters. The second-order valence-electron chi connectivity index (χ2n) is 9.05. The van der Waals surface area contributed by atoms with Crippen LogP contribution in [0.25, 0.3) is 10.2 Å². The highest BCUT2D eigenvalue weighted by Crippen LogP contribution is 2.47. The zero-order valence-corrected chi connectivity index (χ0v) is 21.5. The number of thiazole rings is 1. The van der Waals surface area contributed by atoms with Gasteiger partial charge in [0.1, 0.15) is 16.1 Å². The Morgan fingerprint density at radius 3 is 2.47 bits per heavy atom. The van der Waals surface area contributed by atoms with E-state index in [4.69, 9.17) is 9.47 Å². The van der Waals surface area contributed by atoms with Crippen LogP contribution >= 0.6 is 11.3 Å². The summed E-state index contributed by atoms with van der Waals surface area (Å²) in [4.78, 5) is 32.3. The van der Waals surface area contributed by atoms with Crippen LogP contribution in [0.1, 0.15) is 27.1 Å². The van der Waals surface area contributed by atoms with Gasteiger partial charge in [0.05, 0.1) is 41.4 Å². The minimum Gasteiger partial charge on any atom is -0.496 e. The number of nitrogens with one attached hydrogen (secondary N) is 1. The topological polar surface area (TPSA) is 133 Å². The van der Waals surface area contributed by atoms with Crippen molar-refractivity contribution in [3.63, 3.8) is 0 Å². The maximum absolute atomic E-state index is 13.6. The third-order valence-electron chi connectivity index (χ3n) is 6.86. The van der Waals surface area contributed by atoms with E-state index in [0.717, 1.165) is 19.2 Å². The Labute approximate surface area is 218 Å². The first-order valence-electron chi connectivity index (χ1n) is 11.2. The quantitative estimate of drug-likeness (QED) is 0.459. The molecule has 0 aliphatic carbocycles. The SMILES string of the molecule is COC(=O)c1cc2c(cc1NC(=O)c1c(OC)ccc3nc(N4CC5(CCS5(=O)=O)C4)sc13)OC(F)(F)O2. The van der Waals surface area contributed by atoms with Crippen LogP contribution in [0.5, 0.6) is 17.2 Å². The lowest BCUT2D eigenvalue weighted by atomic mass is 9.95. The van der Waals surface area contributed by atoms with Crippen molar-refractivity contribution in [1.82, 2.24) is 4.98 Å². The van der Waals surface area contributed by atoms with Crippen LogP contribution in [0.4, 0.5) is 19.6 Å². The largest absolute Gasteiger partial charge is 0.586 e. The van der Waals surface area contributed by atoms with E-state index in [2.05, 4.69) is 19.8 Å². The Kier molecular flexibility index (Phi) is 5.27. The number of nitrogens with zero attached hydrogens (tertiary/aromatic N) is 2. The number of sulfone groups is 1. The number of aromatic nitrogens is 1. The zero-order valence-electron chi connectivity index (χ0n) is 19.9. The number of methoxy groups -OCH3 is 2. The molecule has 1 amide bonds. The number of carbonyl (C=O) groups is 2. The number of esters is 1. The number of ether oxygens (including phenoxy) is 4. The molecule has 6 rings (SSSR count). The van der Waals surface area contributed by atoms with Crippen LogP contribution in [0.15, 0.2) is 24.3 Å². The molecule has 1 spiro atoms. The smallest absolute Gasteiger partial charge is 0.496 e. The highest BCUT2D eigenvalue weighted by atomic mass is 32.2. The molecule has 0 saturated carbocycles. The van der Waals surface area contributed by atoms with E-state index in [1.165, 1.54) is 18.4 Å². The molecule has 11 nitrogen and oxygen atoms in total. The highest BCUT2D eigenvalue weighted by molar-refractivity contribution is 7.94. The number of rotatable bonds is 5. The minimum absolute atomic E-state index is 0.0964. The molecule has 3 aliphatic heterocycles. The molecule has 0 bridgehead atoms. The molecule has 0 atom stereocenters. The molecule has 4 heterocycles. The van der Waals surface area contributed by atoms with Crippen LogP contribution < -0.4 is 24.4 Å². The van der Waals surface area contributed by atoms with Gasteiger partial charge in [0, 0.05) is 25.2 Å². The summed E-state index contributed by atoms with van der Waals surface area (Å²) >= 11 is 1.19. The summed E-state index contributed by atoms with van der Waals surface area (Å²) < 4.78 is 70.3. The first kappa shape index (κ1) is 24.6. The van der Waals surface area contributed by atoms with Crippen LogP contribution in [0.3, 0.4) is 0 Å². The maximum atomic E-state index is 13.6. The van der Waals surface area contributed by atoms with Crippen molar-refractivity contribution in [1.29, 1.82) is 0 Å². The summed E-state index contributed by atoms with van der Waals surface area (Å²) in [6.07, 6.45) is -3.32. The van der Waals surface area contributed by atoms with Gasteiger partial charge in [0.15, 0.2) is 26.5 Å². The number of amides is 1. The molecule has 2 saturated heterocycles. The van der Waals surface area contributed by atoms with Crippen molar-refractivity contribution in [2.24, 2.45) is 0 Å². The summed E-state index contributed by atoms with van der Waals surface area (Å²) in [7, 11) is -0.621. The standard InChI is InChI=1S/C23H19F2N3O8S2/c1-33-14-4-3-12-18(37-21(27-12)28-9-22(10-28)5-6-38(22,31)32)17(14)19(29)26-13-8-16-15(35-23(24,25)36-16)7-11(13)20(30)34-2/h3-4,7-8H,5-6,9-10H2,1-2H3,(H,26,29). The number of anilines is 2. The van der Waals surface area contributed by atoms with Gasteiger partial charge in [-0.25, -0.2) is 18.2 Å². The molecule has 15 heteroatoms. The Morgan fingerprint density at radius 2 is 1.87 bits per heavy atom. The van der Waals surface area contributed by atoms with Crippen molar-refractivity contribution in [2.75, 3.05) is 43.3 Å². The summed E-state index contributed by atoms with van der Waals surface area (Å²) in [5.74, 6) is -1.97. The fourth-order valence-electron chi connectivity index (χ4n) is 4.74. The summed E-state index contributed by atoms with van der Waals surface area (Å²) in [5.41, 5.74) is 0.196. The fraction of sp³-hybridized carbons (Fsp3) is 0.348. The van der Waals surface area contributed by atoms with Crippen LogP contribution in [0, 0.1) is 0 Å². The van der Waals surface area contributed by atoms with Crippen molar-refractivity contribution < 1.29 is 45.7 Å². The lowest BCUT2D eigenvalue weighted by Gasteiger charge is -2.54. The maximum Gasteiger partial charge on any atom is 0.586 e. The monoisotopic (exact) mass is 567 g/mol. The van der Waals surface area contributed by atoms with Gasteiger partial charge in [0.2, 0.25) is 0 Å². The number of hydrogen-bond acceptors (Lipinski definition) is 11. The molecule has 2 fully saturated rings. The Balaban J connectivity index is 1.35. The third-order valence-corrected chi connectivity index (χ3v) is 10.5. The highest BCUT2D eigenvalue weighted by Gasteiger charge is 2.60. The second kappa shape index (κ2) is 8.14. The number of halogens is 2. The molecular formula is C23H19F2N3O8S2. The van der Waals surface area contributed by atoms with Crippen molar-refractivity contribution in [2.45, 2.75) is 17.5 Å². The molecule has 3 aromatic rings. The van der Waals surface area contributed by atoms with Gasteiger partial charge >= 0.3 is 12.3 Å². The van der Waals surface area contributed by atoms with Crippen LogP contribution in [-0.4, -0.2) is 69.4 Å². The van der Waals surface area contributed by atoms with E-state index in [0.29, 0.717) is 34.9 Å². The van der Waals surface area contributed by atoms with Gasteiger partial charge in [-0.15, -0.1) is 8.78 Å². The summed E-state index contributed by atoms with van der Waals surface area (Å²) in [5, 5.41) is 3.11. The number of alkyl halides is 2. The molecule has 200 valence electrons.